The number of rotatable bonds is 6. The number of esters is 1. The first-order chi connectivity index (χ1) is 12.2. The molecule has 0 radical (unpaired) electrons. The molecule has 126 valence electrons. The monoisotopic (exact) mass is 445 g/mol. The van der Waals surface area contributed by atoms with Crippen molar-refractivity contribution in [3.05, 3.63) is 93.2 Å². The molecule has 3 aromatic rings. The van der Waals surface area contributed by atoms with Crippen LogP contribution in [-0.4, -0.2) is 11.0 Å². The Morgan fingerprint density at radius 1 is 0.840 bits per heavy atom. The second-order valence-corrected chi connectivity index (χ2v) is 6.58. The average molecular weight is 445 g/mol. The smallest absolute Gasteiger partial charge is 0.357 e. The van der Waals surface area contributed by atoms with Gasteiger partial charge in [0, 0.05) is 9.64 Å². The quantitative estimate of drug-likeness (QED) is 0.411. The van der Waals surface area contributed by atoms with Gasteiger partial charge in [0.05, 0.1) is 0 Å². The first kappa shape index (κ1) is 17.4. The van der Waals surface area contributed by atoms with Crippen molar-refractivity contribution in [3.63, 3.8) is 0 Å². The zero-order valence-electron chi connectivity index (χ0n) is 13.4. The van der Waals surface area contributed by atoms with Crippen LogP contribution in [0.2, 0.25) is 0 Å². The van der Waals surface area contributed by atoms with Gasteiger partial charge in [-0.05, 0) is 51.9 Å². The molecule has 0 atom stereocenters. The predicted molar refractivity (Wildman–Crippen MR) is 103 cm³/mol. The van der Waals surface area contributed by atoms with E-state index in [0.717, 1.165) is 11.1 Å². The summed E-state index contributed by atoms with van der Waals surface area (Å²) in [6.45, 7) is 0.613. The molecule has 0 aliphatic rings. The van der Waals surface area contributed by atoms with Crippen LogP contribution in [0.25, 0.3) is 0 Å². The molecule has 4 nitrogen and oxygen atoms in total. The third kappa shape index (κ3) is 5.29. The summed E-state index contributed by atoms with van der Waals surface area (Å²) in [7, 11) is 0. The molecule has 0 spiro atoms. The maximum atomic E-state index is 12.1. The van der Waals surface area contributed by atoms with Crippen LogP contribution >= 0.6 is 22.6 Å². The third-order valence-electron chi connectivity index (χ3n) is 3.45. The van der Waals surface area contributed by atoms with Crippen molar-refractivity contribution >= 4 is 28.6 Å². The number of carbonyl (C=O) groups excluding carboxylic acids is 1. The number of aromatic nitrogens is 1. The number of carbonyl (C=O) groups is 1. The molecule has 0 aliphatic carbocycles. The highest BCUT2D eigenvalue weighted by Gasteiger charge is 2.10. The number of benzene rings is 2. The summed E-state index contributed by atoms with van der Waals surface area (Å²) >= 11 is 2.26. The van der Waals surface area contributed by atoms with Crippen molar-refractivity contribution in [1.29, 1.82) is 0 Å². The number of hydrogen-bond acceptors (Lipinski definition) is 4. The molecule has 0 saturated heterocycles. The van der Waals surface area contributed by atoms with Crippen LogP contribution in [0.5, 0.6) is 5.88 Å². The van der Waals surface area contributed by atoms with Gasteiger partial charge in [-0.2, -0.15) is 0 Å². The van der Waals surface area contributed by atoms with E-state index in [1.165, 1.54) is 3.57 Å². The van der Waals surface area contributed by atoms with Crippen LogP contribution in [0.1, 0.15) is 21.6 Å². The number of halogens is 1. The van der Waals surface area contributed by atoms with E-state index in [1.54, 1.807) is 18.2 Å². The Kier molecular flexibility index (Phi) is 6.00. The summed E-state index contributed by atoms with van der Waals surface area (Å²) in [6.07, 6.45) is 0. The lowest BCUT2D eigenvalue weighted by Gasteiger charge is -2.08. The molecule has 0 saturated carbocycles. The van der Waals surface area contributed by atoms with Gasteiger partial charge in [0.15, 0.2) is 5.69 Å². The van der Waals surface area contributed by atoms with E-state index in [1.807, 2.05) is 54.6 Å². The summed E-state index contributed by atoms with van der Waals surface area (Å²) in [5.41, 5.74) is 2.21. The minimum Gasteiger partial charge on any atom is -0.473 e. The Morgan fingerprint density at radius 3 is 2.32 bits per heavy atom. The van der Waals surface area contributed by atoms with Gasteiger partial charge in [-0.3, -0.25) is 0 Å². The molecule has 0 unspecified atom stereocenters. The van der Waals surface area contributed by atoms with Crippen LogP contribution in [0.4, 0.5) is 0 Å². The highest BCUT2D eigenvalue weighted by Crippen LogP contribution is 2.13. The standard InChI is InChI=1S/C20H16INO3/c21-17-11-9-16(10-12-17)13-24-19-8-4-7-18(22-19)20(23)25-14-15-5-2-1-3-6-15/h1-12H,13-14H2. The second-order valence-electron chi connectivity index (χ2n) is 5.34. The maximum Gasteiger partial charge on any atom is 0.357 e. The molecule has 0 fully saturated rings. The fourth-order valence-corrected chi connectivity index (χ4v) is 2.50. The van der Waals surface area contributed by atoms with Crippen molar-refractivity contribution in [2.45, 2.75) is 13.2 Å². The van der Waals surface area contributed by atoms with E-state index < -0.39 is 5.97 Å². The molecule has 5 heteroatoms. The van der Waals surface area contributed by atoms with Gasteiger partial charge in [0.2, 0.25) is 5.88 Å². The van der Waals surface area contributed by atoms with Crippen molar-refractivity contribution in [1.82, 2.24) is 4.98 Å². The van der Waals surface area contributed by atoms with Crippen molar-refractivity contribution < 1.29 is 14.3 Å². The van der Waals surface area contributed by atoms with Crippen LogP contribution in [0, 0.1) is 3.57 Å². The minimum atomic E-state index is -0.469. The maximum absolute atomic E-state index is 12.1. The molecule has 0 amide bonds. The lowest BCUT2D eigenvalue weighted by molar-refractivity contribution is 0.0464. The Hall–Kier alpha value is -2.41. The molecular formula is C20H16INO3. The lowest BCUT2D eigenvalue weighted by atomic mass is 10.2. The van der Waals surface area contributed by atoms with Crippen molar-refractivity contribution in [3.8, 4) is 5.88 Å². The van der Waals surface area contributed by atoms with Crippen molar-refractivity contribution in [2.75, 3.05) is 0 Å². The van der Waals surface area contributed by atoms with Gasteiger partial charge in [-0.25, -0.2) is 9.78 Å². The van der Waals surface area contributed by atoms with Gasteiger partial charge in [0.1, 0.15) is 13.2 Å². The molecule has 25 heavy (non-hydrogen) atoms. The predicted octanol–water partition coefficient (Wildman–Crippen LogP) is 4.62. The average Bonchev–Trinajstić information content (AvgIpc) is 2.67. The molecule has 2 aromatic carbocycles. The highest BCUT2D eigenvalue weighted by atomic mass is 127. The van der Waals surface area contributed by atoms with E-state index in [9.17, 15) is 4.79 Å². The molecule has 0 aliphatic heterocycles. The summed E-state index contributed by atoms with van der Waals surface area (Å²) < 4.78 is 12.1. The van der Waals surface area contributed by atoms with Crippen LogP contribution in [-0.2, 0) is 18.0 Å². The van der Waals surface area contributed by atoms with E-state index >= 15 is 0 Å². The molecule has 1 aromatic heterocycles. The zero-order chi connectivity index (χ0) is 17.5. The molecular weight excluding hydrogens is 429 g/mol. The van der Waals surface area contributed by atoms with Gasteiger partial charge < -0.3 is 9.47 Å². The van der Waals surface area contributed by atoms with Gasteiger partial charge in [-0.1, -0.05) is 48.5 Å². The first-order valence-corrected chi connectivity index (χ1v) is 8.84. The minimum absolute atomic E-state index is 0.217. The summed E-state index contributed by atoms with van der Waals surface area (Å²) in [4.78, 5) is 16.4. The largest absolute Gasteiger partial charge is 0.473 e. The zero-order valence-corrected chi connectivity index (χ0v) is 15.5. The van der Waals surface area contributed by atoms with Gasteiger partial charge in [0.25, 0.3) is 0 Å². The number of ether oxygens (including phenoxy) is 2. The van der Waals surface area contributed by atoms with E-state index in [4.69, 9.17) is 9.47 Å². The Balaban J connectivity index is 1.58. The van der Waals surface area contributed by atoms with Crippen LogP contribution < -0.4 is 4.74 Å². The van der Waals surface area contributed by atoms with E-state index in [0.29, 0.717) is 12.5 Å². The number of hydrogen-bond donors (Lipinski definition) is 0. The van der Waals surface area contributed by atoms with Crippen molar-refractivity contribution in [2.24, 2.45) is 0 Å². The topological polar surface area (TPSA) is 48.4 Å². The van der Waals surface area contributed by atoms with Crippen LogP contribution in [0.15, 0.2) is 72.8 Å². The number of pyridine rings is 1. The fraction of sp³-hybridized carbons (Fsp3) is 0.100. The third-order valence-corrected chi connectivity index (χ3v) is 4.16. The van der Waals surface area contributed by atoms with Gasteiger partial charge >= 0.3 is 5.97 Å². The van der Waals surface area contributed by atoms with Crippen LogP contribution in [0.3, 0.4) is 0 Å². The summed E-state index contributed by atoms with van der Waals surface area (Å²) in [5.74, 6) is -0.0729. The SMILES string of the molecule is O=C(OCc1ccccc1)c1cccc(OCc2ccc(I)cc2)n1. The summed E-state index contributed by atoms with van der Waals surface area (Å²) in [6, 6.07) is 22.6. The van der Waals surface area contributed by atoms with E-state index in [2.05, 4.69) is 27.6 Å². The Bertz CT molecular complexity index is 835. The molecule has 3 rings (SSSR count). The lowest BCUT2D eigenvalue weighted by Crippen LogP contribution is -2.08. The number of nitrogens with zero attached hydrogens (tertiary/aromatic N) is 1. The molecule has 0 N–H and O–H groups in total. The Labute approximate surface area is 160 Å². The van der Waals surface area contributed by atoms with Gasteiger partial charge in [-0.15, -0.1) is 0 Å². The normalized spacial score (nSPS) is 10.3. The summed E-state index contributed by atoms with van der Waals surface area (Å²) in [5, 5.41) is 0. The fourth-order valence-electron chi connectivity index (χ4n) is 2.14. The second kappa shape index (κ2) is 8.62. The Morgan fingerprint density at radius 2 is 1.56 bits per heavy atom. The highest BCUT2D eigenvalue weighted by molar-refractivity contribution is 14.1. The molecule has 0 bridgehead atoms. The first-order valence-electron chi connectivity index (χ1n) is 7.76. The molecule has 1 heterocycles. The van der Waals surface area contributed by atoms with E-state index in [-0.39, 0.29) is 12.3 Å².